The van der Waals surface area contributed by atoms with Crippen LogP contribution in [0, 0.1) is 5.41 Å². The highest BCUT2D eigenvalue weighted by Gasteiger charge is 2.39. The van der Waals surface area contributed by atoms with Crippen molar-refractivity contribution >= 4 is 0 Å². The summed E-state index contributed by atoms with van der Waals surface area (Å²) in [5.41, 5.74) is 6.38. The van der Waals surface area contributed by atoms with Crippen molar-refractivity contribution in [1.82, 2.24) is 5.32 Å². The zero-order valence-corrected chi connectivity index (χ0v) is 13.1. The van der Waals surface area contributed by atoms with Gasteiger partial charge >= 0.3 is 0 Å². The summed E-state index contributed by atoms with van der Waals surface area (Å²) < 4.78 is 0. The summed E-state index contributed by atoms with van der Waals surface area (Å²) in [7, 11) is 0. The summed E-state index contributed by atoms with van der Waals surface area (Å²) in [6.07, 6.45) is 5.97. The maximum Gasteiger partial charge on any atom is 0.0302 e. The molecule has 20 heavy (non-hydrogen) atoms. The second kappa shape index (κ2) is 4.60. The standard InChI is InChI=1S/C19H25N/c1-18(2,3)11-15-12-20-13-19(4)16-8-6-5-7-14(16)9-10-17(15)19/h5-8,10-11,20H,9,12-13H2,1-4H3/b15-11+. The molecule has 1 heteroatoms. The van der Waals surface area contributed by atoms with Crippen LogP contribution in [0.25, 0.3) is 0 Å². The number of fused-ring (bicyclic) bond motifs is 3. The molecule has 2 aliphatic rings. The second-order valence-electron chi connectivity index (χ2n) is 7.45. The lowest BCUT2D eigenvalue weighted by Gasteiger charge is -2.43. The monoisotopic (exact) mass is 267 g/mol. The number of nitrogens with one attached hydrogen (secondary N) is 1. The molecule has 3 rings (SSSR count). The van der Waals surface area contributed by atoms with E-state index >= 15 is 0 Å². The minimum Gasteiger partial charge on any atom is -0.311 e. The Morgan fingerprint density at radius 3 is 2.70 bits per heavy atom. The van der Waals surface area contributed by atoms with Gasteiger partial charge in [0.1, 0.15) is 0 Å². The third kappa shape index (κ3) is 2.25. The maximum absolute atomic E-state index is 3.63. The van der Waals surface area contributed by atoms with E-state index < -0.39 is 0 Å². The Labute approximate surface area is 122 Å². The molecule has 1 N–H and O–H groups in total. The molecule has 1 aliphatic heterocycles. The molecule has 106 valence electrons. The first kappa shape index (κ1) is 13.6. The second-order valence-corrected chi connectivity index (χ2v) is 7.45. The molecular formula is C19H25N. The zero-order chi connectivity index (χ0) is 14.4. The highest BCUT2D eigenvalue weighted by atomic mass is 14.9. The van der Waals surface area contributed by atoms with E-state index in [1.807, 2.05) is 0 Å². The van der Waals surface area contributed by atoms with Gasteiger partial charge in [-0.15, -0.1) is 0 Å². The Balaban J connectivity index is 2.10. The fourth-order valence-corrected chi connectivity index (χ4v) is 3.69. The third-order valence-electron chi connectivity index (χ3n) is 4.48. The predicted molar refractivity (Wildman–Crippen MR) is 86.0 cm³/mol. The van der Waals surface area contributed by atoms with Crippen molar-refractivity contribution in [2.75, 3.05) is 13.1 Å². The minimum absolute atomic E-state index is 0.129. The first-order chi connectivity index (χ1) is 9.40. The smallest absolute Gasteiger partial charge is 0.0302 e. The van der Waals surface area contributed by atoms with Crippen LogP contribution >= 0.6 is 0 Å². The van der Waals surface area contributed by atoms with E-state index in [4.69, 9.17) is 0 Å². The Bertz CT molecular complexity index is 586. The molecule has 1 nitrogen and oxygen atoms in total. The van der Waals surface area contributed by atoms with Gasteiger partial charge < -0.3 is 5.32 Å². The number of allylic oxidation sites excluding steroid dienone is 2. The van der Waals surface area contributed by atoms with Crippen LogP contribution in [-0.2, 0) is 11.8 Å². The van der Waals surface area contributed by atoms with Crippen LogP contribution < -0.4 is 5.32 Å². The normalized spacial score (nSPS) is 27.8. The van der Waals surface area contributed by atoms with Gasteiger partial charge in [0.2, 0.25) is 0 Å². The highest BCUT2D eigenvalue weighted by Crippen LogP contribution is 2.43. The predicted octanol–water partition coefficient (Wildman–Crippen LogP) is 4.00. The van der Waals surface area contributed by atoms with Gasteiger partial charge in [-0.05, 0) is 34.1 Å². The van der Waals surface area contributed by atoms with Gasteiger partial charge in [-0.1, -0.05) is 64.1 Å². The van der Waals surface area contributed by atoms with Gasteiger partial charge in [0.25, 0.3) is 0 Å². The molecule has 0 saturated carbocycles. The number of benzene rings is 1. The molecule has 0 aromatic heterocycles. The van der Waals surface area contributed by atoms with Gasteiger partial charge in [0.05, 0.1) is 0 Å². The average Bonchev–Trinajstić information content (AvgIpc) is 2.37. The first-order valence-corrected chi connectivity index (χ1v) is 7.62. The van der Waals surface area contributed by atoms with Crippen LogP contribution in [0.5, 0.6) is 0 Å². The lowest BCUT2D eigenvalue weighted by molar-refractivity contribution is 0.456. The van der Waals surface area contributed by atoms with E-state index in [2.05, 4.69) is 69.4 Å². The van der Waals surface area contributed by atoms with Gasteiger partial charge in [-0.3, -0.25) is 0 Å². The van der Waals surface area contributed by atoms with Crippen LogP contribution in [0.3, 0.4) is 0 Å². The largest absolute Gasteiger partial charge is 0.311 e. The first-order valence-electron chi connectivity index (χ1n) is 7.62. The minimum atomic E-state index is 0.129. The van der Waals surface area contributed by atoms with Crippen molar-refractivity contribution in [3.8, 4) is 0 Å². The van der Waals surface area contributed by atoms with Crippen LogP contribution in [0.1, 0.15) is 38.8 Å². The third-order valence-corrected chi connectivity index (χ3v) is 4.48. The Morgan fingerprint density at radius 2 is 1.95 bits per heavy atom. The average molecular weight is 267 g/mol. The molecule has 1 atom stereocenters. The quantitative estimate of drug-likeness (QED) is 0.749. The highest BCUT2D eigenvalue weighted by molar-refractivity contribution is 5.55. The molecular weight excluding hydrogens is 242 g/mol. The van der Waals surface area contributed by atoms with Crippen molar-refractivity contribution in [3.63, 3.8) is 0 Å². The summed E-state index contributed by atoms with van der Waals surface area (Å²) in [4.78, 5) is 0. The summed E-state index contributed by atoms with van der Waals surface area (Å²) in [6, 6.07) is 8.91. The fourth-order valence-electron chi connectivity index (χ4n) is 3.69. The maximum atomic E-state index is 3.63. The van der Waals surface area contributed by atoms with Gasteiger partial charge in [-0.25, -0.2) is 0 Å². The van der Waals surface area contributed by atoms with E-state index in [-0.39, 0.29) is 10.8 Å². The van der Waals surface area contributed by atoms with E-state index in [1.165, 1.54) is 16.7 Å². The lowest BCUT2D eigenvalue weighted by atomic mass is 9.65. The number of piperidine rings is 1. The van der Waals surface area contributed by atoms with Crippen LogP contribution in [0.15, 0.2) is 47.6 Å². The summed E-state index contributed by atoms with van der Waals surface area (Å²) in [5.74, 6) is 0. The molecule has 0 radical (unpaired) electrons. The molecule has 1 aliphatic carbocycles. The molecule has 1 aromatic carbocycles. The van der Waals surface area contributed by atoms with E-state index in [0.29, 0.717) is 0 Å². The molecule has 0 bridgehead atoms. The van der Waals surface area contributed by atoms with E-state index in [0.717, 1.165) is 19.5 Å². The van der Waals surface area contributed by atoms with Crippen molar-refractivity contribution in [2.45, 2.75) is 39.5 Å². The molecule has 1 aromatic rings. The van der Waals surface area contributed by atoms with Gasteiger partial charge in [0.15, 0.2) is 0 Å². The summed E-state index contributed by atoms with van der Waals surface area (Å²) in [6.45, 7) is 11.3. The Morgan fingerprint density at radius 1 is 1.20 bits per heavy atom. The number of hydrogen-bond donors (Lipinski definition) is 1. The molecule has 1 saturated heterocycles. The van der Waals surface area contributed by atoms with Crippen LogP contribution in [0.2, 0.25) is 0 Å². The van der Waals surface area contributed by atoms with Crippen molar-refractivity contribution in [1.29, 1.82) is 0 Å². The SMILES string of the molecule is CC(C)(C)/C=C1\CNCC2(C)C1=CCc1ccccc12. The molecule has 0 spiro atoms. The van der Waals surface area contributed by atoms with Crippen molar-refractivity contribution in [2.24, 2.45) is 5.41 Å². The zero-order valence-electron chi connectivity index (χ0n) is 13.1. The number of rotatable bonds is 0. The lowest BCUT2D eigenvalue weighted by Crippen LogP contribution is -2.46. The molecule has 1 heterocycles. The van der Waals surface area contributed by atoms with E-state index in [9.17, 15) is 0 Å². The van der Waals surface area contributed by atoms with Crippen LogP contribution in [-0.4, -0.2) is 13.1 Å². The molecule has 1 unspecified atom stereocenters. The van der Waals surface area contributed by atoms with E-state index in [1.54, 1.807) is 5.57 Å². The summed E-state index contributed by atoms with van der Waals surface area (Å²) >= 11 is 0. The fraction of sp³-hybridized carbons (Fsp3) is 0.474. The van der Waals surface area contributed by atoms with Crippen molar-refractivity contribution < 1.29 is 0 Å². The van der Waals surface area contributed by atoms with Gasteiger partial charge in [0, 0.05) is 18.5 Å². The summed E-state index contributed by atoms with van der Waals surface area (Å²) in [5, 5.41) is 3.63. The van der Waals surface area contributed by atoms with Crippen molar-refractivity contribution in [3.05, 3.63) is 58.7 Å². The van der Waals surface area contributed by atoms with Crippen LogP contribution in [0.4, 0.5) is 0 Å². The van der Waals surface area contributed by atoms with Gasteiger partial charge in [-0.2, -0.15) is 0 Å². The molecule has 1 fully saturated rings. The Hall–Kier alpha value is -1.34. The number of hydrogen-bond acceptors (Lipinski definition) is 1. The Kier molecular flexibility index (Phi) is 3.13. The topological polar surface area (TPSA) is 12.0 Å². The molecule has 0 amide bonds.